The summed E-state index contributed by atoms with van der Waals surface area (Å²) in [5, 5.41) is 3.72. The quantitative estimate of drug-likeness (QED) is 0.835. The first kappa shape index (κ1) is 18.4. The highest BCUT2D eigenvalue weighted by atomic mass is 32.2. The van der Waals surface area contributed by atoms with Gasteiger partial charge in [-0.25, -0.2) is 8.42 Å². The van der Waals surface area contributed by atoms with E-state index in [4.69, 9.17) is 4.74 Å². The lowest BCUT2D eigenvalue weighted by Gasteiger charge is -2.36. The van der Waals surface area contributed by atoms with Crippen molar-refractivity contribution in [3.8, 4) is 0 Å². The lowest BCUT2D eigenvalue weighted by Crippen LogP contribution is -2.49. The number of likely N-dealkylation sites (tertiary alicyclic amines) is 1. The fourth-order valence-electron chi connectivity index (χ4n) is 4.40. The molecule has 0 radical (unpaired) electrons. The maximum atomic E-state index is 12.7. The van der Waals surface area contributed by atoms with Gasteiger partial charge in [-0.2, -0.15) is 4.31 Å². The third-order valence-electron chi connectivity index (χ3n) is 5.95. The van der Waals surface area contributed by atoms with Crippen LogP contribution in [-0.4, -0.2) is 75.1 Å². The zero-order valence-electron chi connectivity index (χ0n) is 15.2. The summed E-state index contributed by atoms with van der Waals surface area (Å²) in [5.74, 6) is 0. The molecule has 4 rings (SSSR count). The predicted molar refractivity (Wildman–Crippen MR) is 101 cm³/mol. The van der Waals surface area contributed by atoms with Crippen molar-refractivity contribution in [1.29, 1.82) is 0 Å². The van der Waals surface area contributed by atoms with Gasteiger partial charge < -0.3 is 10.1 Å². The molecule has 0 bridgehead atoms. The van der Waals surface area contributed by atoms with E-state index in [9.17, 15) is 8.42 Å². The second-order valence-corrected chi connectivity index (χ2v) is 9.59. The number of ether oxygens (including phenoxy) is 1. The van der Waals surface area contributed by atoms with Gasteiger partial charge >= 0.3 is 0 Å². The topological polar surface area (TPSA) is 61.9 Å². The van der Waals surface area contributed by atoms with Gasteiger partial charge in [-0.15, -0.1) is 0 Å². The second kappa shape index (κ2) is 7.94. The van der Waals surface area contributed by atoms with Crippen LogP contribution >= 0.6 is 0 Å². The fourth-order valence-corrected chi connectivity index (χ4v) is 5.92. The molecule has 1 unspecified atom stereocenters. The van der Waals surface area contributed by atoms with Crippen LogP contribution in [-0.2, 0) is 14.8 Å². The van der Waals surface area contributed by atoms with Gasteiger partial charge in [0.2, 0.25) is 10.0 Å². The first-order chi connectivity index (χ1) is 12.6. The van der Waals surface area contributed by atoms with Crippen LogP contribution in [0.25, 0.3) is 0 Å². The standard InChI is InChI=1S/C19H29N3O3S/c23-26(24,19-4-2-1-3-5-19)22-12-8-17(14-22)20-16-6-10-21(11-7-16)18-9-13-25-15-18/h1-5,16-18,20H,6-15H2/t17-,18?/m0/s1. The van der Waals surface area contributed by atoms with Crippen LogP contribution < -0.4 is 5.32 Å². The summed E-state index contributed by atoms with van der Waals surface area (Å²) in [6.07, 6.45) is 4.33. The smallest absolute Gasteiger partial charge is 0.243 e. The molecular weight excluding hydrogens is 350 g/mol. The van der Waals surface area contributed by atoms with Gasteiger partial charge in [-0.05, 0) is 37.8 Å². The van der Waals surface area contributed by atoms with E-state index in [2.05, 4.69) is 10.2 Å². The monoisotopic (exact) mass is 379 g/mol. The van der Waals surface area contributed by atoms with Gasteiger partial charge in [-0.1, -0.05) is 18.2 Å². The minimum absolute atomic E-state index is 0.264. The summed E-state index contributed by atoms with van der Waals surface area (Å²) in [6, 6.07) is 10.1. The Labute approximate surface area is 156 Å². The molecular formula is C19H29N3O3S. The molecule has 0 spiro atoms. The highest BCUT2D eigenvalue weighted by Gasteiger charge is 2.34. The number of piperidine rings is 1. The largest absolute Gasteiger partial charge is 0.380 e. The van der Waals surface area contributed by atoms with Crippen molar-refractivity contribution in [3.63, 3.8) is 0 Å². The number of sulfonamides is 1. The Morgan fingerprint density at radius 2 is 1.69 bits per heavy atom. The molecule has 3 fully saturated rings. The highest BCUT2D eigenvalue weighted by Crippen LogP contribution is 2.23. The highest BCUT2D eigenvalue weighted by molar-refractivity contribution is 7.89. The summed E-state index contributed by atoms with van der Waals surface area (Å²) in [4.78, 5) is 2.96. The molecule has 3 heterocycles. The fraction of sp³-hybridized carbons (Fsp3) is 0.684. The zero-order valence-corrected chi connectivity index (χ0v) is 16.0. The number of rotatable bonds is 5. The van der Waals surface area contributed by atoms with Crippen LogP contribution in [0.5, 0.6) is 0 Å². The van der Waals surface area contributed by atoms with E-state index in [-0.39, 0.29) is 6.04 Å². The molecule has 0 amide bonds. The normalized spacial score (nSPS) is 29.4. The van der Waals surface area contributed by atoms with Crippen LogP contribution in [0.1, 0.15) is 25.7 Å². The van der Waals surface area contributed by atoms with E-state index in [1.807, 2.05) is 6.07 Å². The second-order valence-electron chi connectivity index (χ2n) is 7.66. The number of nitrogens with zero attached hydrogens (tertiary/aromatic N) is 2. The van der Waals surface area contributed by atoms with E-state index in [1.165, 1.54) is 0 Å². The van der Waals surface area contributed by atoms with Crippen molar-refractivity contribution in [1.82, 2.24) is 14.5 Å². The van der Waals surface area contributed by atoms with Crippen molar-refractivity contribution < 1.29 is 13.2 Å². The van der Waals surface area contributed by atoms with Crippen LogP contribution in [0.3, 0.4) is 0 Å². The van der Waals surface area contributed by atoms with Gasteiger partial charge in [0, 0.05) is 50.9 Å². The van der Waals surface area contributed by atoms with Crippen molar-refractivity contribution in [2.24, 2.45) is 0 Å². The average Bonchev–Trinajstić information content (AvgIpc) is 3.35. The van der Waals surface area contributed by atoms with Gasteiger partial charge in [-0.3, -0.25) is 4.90 Å². The molecule has 2 atom stereocenters. The molecule has 0 aliphatic carbocycles. The van der Waals surface area contributed by atoms with E-state index in [0.29, 0.717) is 30.1 Å². The molecule has 1 aromatic carbocycles. The van der Waals surface area contributed by atoms with Gasteiger partial charge in [0.25, 0.3) is 0 Å². The maximum Gasteiger partial charge on any atom is 0.243 e. The van der Waals surface area contributed by atoms with E-state index in [1.54, 1.807) is 28.6 Å². The maximum absolute atomic E-state index is 12.7. The summed E-state index contributed by atoms with van der Waals surface area (Å²) in [7, 11) is -3.36. The Kier molecular flexibility index (Phi) is 5.61. The predicted octanol–water partition coefficient (Wildman–Crippen LogP) is 1.29. The number of hydrogen-bond donors (Lipinski definition) is 1. The molecule has 26 heavy (non-hydrogen) atoms. The summed E-state index contributed by atoms with van der Waals surface area (Å²) < 4.78 is 32.6. The van der Waals surface area contributed by atoms with Crippen LogP contribution in [0.15, 0.2) is 35.2 Å². The Morgan fingerprint density at radius 3 is 2.38 bits per heavy atom. The number of hydrogen-bond acceptors (Lipinski definition) is 5. The molecule has 0 saturated carbocycles. The molecule has 3 saturated heterocycles. The summed E-state index contributed by atoms with van der Waals surface area (Å²) in [5.41, 5.74) is 0. The Hall–Kier alpha value is -0.990. The van der Waals surface area contributed by atoms with Gasteiger partial charge in [0.15, 0.2) is 0 Å². The molecule has 144 valence electrons. The Bertz CT molecular complexity index is 683. The first-order valence-electron chi connectivity index (χ1n) is 9.76. The van der Waals surface area contributed by atoms with Gasteiger partial charge in [0.1, 0.15) is 0 Å². The molecule has 3 aliphatic heterocycles. The van der Waals surface area contributed by atoms with Crippen molar-refractivity contribution in [3.05, 3.63) is 30.3 Å². The van der Waals surface area contributed by atoms with Crippen LogP contribution in [0.2, 0.25) is 0 Å². The van der Waals surface area contributed by atoms with Crippen LogP contribution in [0.4, 0.5) is 0 Å². The third-order valence-corrected chi connectivity index (χ3v) is 7.83. The van der Waals surface area contributed by atoms with Gasteiger partial charge in [0.05, 0.1) is 11.5 Å². The number of benzene rings is 1. The molecule has 3 aliphatic rings. The van der Waals surface area contributed by atoms with E-state index >= 15 is 0 Å². The minimum atomic E-state index is -3.36. The SMILES string of the molecule is O=S(=O)(c1ccccc1)N1CC[C@H](NC2CCN(C3CCOC3)CC2)C1. The van der Waals surface area contributed by atoms with Crippen molar-refractivity contribution in [2.45, 2.75) is 48.7 Å². The number of nitrogens with one attached hydrogen (secondary N) is 1. The molecule has 6 nitrogen and oxygen atoms in total. The van der Waals surface area contributed by atoms with Crippen molar-refractivity contribution >= 4 is 10.0 Å². The zero-order chi connectivity index (χ0) is 18.0. The van der Waals surface area contributed by atoms with Crippen molar-refractivity contribution in [2.75, 3.05) is 39.4 Å². The third kappa shape index (κ3) is 3.97. The minimum Gasteiger partial charge on any atom is -0.380 e. The lowest BCUT2D eigenvalue weighted by molar-refractivity contribution is 0.115. The molecule has 0 aromatic heterocycles. The summed E-state index contributed by atoms with van der Waals surface area (Å²) >= 11 is 0. The average molecular weight is 380 g/mol. The lowest BCUT2D eigenvalue weighted by atomic mass is 10.0. The van der Waals surface area contributed by atoms with E-state index < -0.39 is 10.0 Å². The van der Waals surface area contributed by atoms with Crippen LogP contribution in [0, 0.1) is 0 Å². The molecule has 1 N–H and O–H groups in total. The summed E-state index contributed by atoms with van der Waals surface area (Å²) in [6.45, 7) is 5.19. The first-order valence-corrected chi connectivity index (χ1v) is 11.2. The van der Waals surface area contributed by atoms with E-state index in [0.717, 1.165) is 52.0 Å². The Morgan fingerprint density at radius 1 is 0.962 bits per heavy atom. The molecule has 1 aromatic rings. The molecule has 7 heteroatoms. The Balaban J connectivity index is 1.27.